The second kappa shape index (κ2) is 7.34. The van der Waals surface area contributed by atoms with Crippen molar-refractivity contribution in [2.45, 2.75) is 13.5 Å². The number of nitrogens with zero attached hydrogens (tertiary/aromatic N) is 3. The smallest absolute Gasteiger partial charge is 0.341 e. The van der Waals surface area contributed by atoms with E-state index in [1.807, 2.05) is 11.4 Å². The minimum Gasteiger partial charge on any atom is -0.462 e. The van der Waals surface area contributed by atoms with E-state index in [-0.39, 0.29) is 5.97 Å². The van der Waals surface area contributed by atoms with E-state index >= 15 is 0 Å². The molecule has 0 amide bonds. The van der Waals surface area contributed by atoms with Crippen molar-refractivity contribution >= 4 is 40.5 Å². The Kier molecular flexibility index (Phi) is 5.18. The predicted molar refractivity (Wildman–Crippen MR) is 94.9 cm³/mol. The zero-order valence-electron chi connectivity index (χ0n) is 12.7. The van der Waals surface area contributed by atoms with Crippen molar-refractivity contribution in [2.24, 2.45) is 0 Å². The van der Waals surface area contributed by atoms with Crippen LogP contribution >= 0.6 is 34.5 Å². The third-order valence-electron chi connectivity index (χ3n) is 3.20. The fourth-order valence-corrected chi connectivity index (χ4v) is 3.40. The van der Waals surface area contributed by atoms with Gasteiger partial charge in [-0.3, -0.25) is 4.68 Å². The first-order valence-electron chi connectivity index (χ1n) is 7.16. The first-order chi connectivity index (χ1) is 11.6. The number of thiazole rings is 1. The van der Waals surface area contributed by atoms with Gasteiger partial charge in [0.05, 0.1) is 35.6 Å². The topological polar surface area (TPSA) is 57.0 Å². The largest absolute Gasteiger partial charge is 0.462 e. The highest BCUT2D eigenvalue weighted by molar-refractivity contribution is 7.09. The van der Waals surface area contributed by atoms with Crippen molar-refractivity contribution in [3.8, 4) is 11.3 Å². The van der Waals surface area contributed by atoms with E-state index in [0.29, 0.717) is 28.8 Å². The number of esters is 1. The standard InChI is InChI=1S/C16H13Cl2N3O2S/c1-2-23-16(22)10-6-19-21(7-10)8-15-20-14(9-24-15)12-4-3-11(17)5-13(12)18/h3-7,9H,2,8H2,1H3. The van der Waals surface area contributed by atoms with Gasteiger partial charge in [0.25, 0.3) is 0 Å². The van der Waals surface area contributed by atoms with Gasteiger partial charge >= 0.3 is 5.97 Å². The maximum absolute atomic E-state index is 11.7. The van der Waals surface area contributed by atoms with Crippen LogP contribution in [0, 0.1) is 0 Å². The van der Waals surface area contributed by atoms with Gasteiger partial charge in [0, 0.05) is 22.2 Å². The predicted octanol–water partition coefficient (Wildman–Crippen LogP) is 4.54. The van der Waals surface area contributed by atoms with Gasteiger partial charge in [-0.05, 0) is 25.1 Å². The average Bonchev–Trinajstić information content (AvgIpc) is 3.18. The molecule has 0 atom stereocenters. The van der Waals surface area contributed by atoms with E-state index in [4.69, 9.17) is 27.9 Å². The van der Waals surface area contributed by atoms with Crippen LogP contribution in [-0.2, 0) is 11.3 Å². The fraction of sp³-hybridized carbons (Fsp3) is 0.188. The Labute approximate surface area is 152 Å². The molecule has 124 valence electrons. The molecule has 1 aromatic carbocycles. The summed E-state index contributed by atoms with van der Waals surface area (Å²) in [6.45, 7) is 2.57. The van der Waals surface area contributed by atoms with Gasteiger partial charge in [-0.2, -0.15) is 5.10 Å². The number of ether oxygens (including phenoxy) is 1. The summed E-state index contributed by atoms with van der Waals surface area (Å²) in [6.07, 6.45) is 3.14. The molecule has 0 fully saturated rings. The molecule has 0 saturated heterocycles. The molecule has 2 aromatic heterocycles. The fourth-order valence-electron chi connectivity index (χ4n) is 2.11. The van der Waals surface area contributed by atoms with Crippen LogP contribution in [0.3, 0.4) is 0 Å². The van der Waals surface area contributed by atoms with E-state index in [0.717, 1.165) is 16.3 Å². The number of carbonyl (C=O) groups excluding carboxylic acids is 1. The lowest BCUT2D eigenvalue weighted by Crippen LogP contribution is -2.04. The molecule has 24 heavy (non-hydrogen) atoms. The first kappa shape index (κ1) is 17.0. The molecule has 2 heterocycles. The second-order valence-corrected chi connectivity index (χ2v) is 6.68. The van der Waals surface area contributed by atoms with Crippen LogP contribution in [-0.4, -0.2) is 27.3 Å². The van der Waals surface area contributed by atoms with Gasteiger partial charge in [0.1, 0.15) is 5.01 Å². The Hall–Kier alpha value is -1.89. The third-order valence-corrected chi connectivity index (χ3v) is 4.58. The van der Waals surface area contributed by atoms with Crippen LogP contribution in [0.15, 0.2) is 36.0 Å². The molecule has 0 aliphatic rings. The Morgan fingerprint density at radius 1 is 1.38 bits per heavy atom. The highest BCUT2D eigenvalue weighted by atomic mass is 35.5. The van der Waals surface area contributed by atoms with Crippen molar-refractivity contribution in [3.05, 3.63) is 56.6 Å². The van der Waals surface area contributed by atoms with Crippen LogP contribution in [0.1, 0.15) is 22.3 Å². The molecule has 0 N–H and O–H groups in total. The van der Waals surface area contributed by atoms with Crippen LogP contribution in [0.4, 0.5) is 0 Å². The SMILES string of the molecule is CCOC(=O)c1cnn(Cc2nc(-c3ccc(Cl)cc3Cl)cs2)c1. The molecule has 0 unspecified atom stereocenters. The van der Waals surface area contributed by atoms with Crippen molar-refractivity contribution in [3.63, 3.8) is 0 Å². The van der Waals surface area contributed by atoms with Gasteiger partial charge < -0.3 is 4.74 Å². The number of halogens is 2. The lowest BCUT2D eigenvalue weighted by molar-refractivity contribution is 0.0526. The quantitative estimate of drug-likeness (QED) is 0.608. The summed E-state index contributed by atoms with van der Waals surface area (Å²) in [4.78, 5) is 16.2. The molecule has 3 rings (SSSR count). The second-order valence-electron chi connectivity index (χ2n) is 4.90. The average molecular weight is 382 g/mol. The van der Waals surface area contributed by atoms with E-state index in [9.17, 15) is 4.79 Å². The summed E-state index contributed by atoms with van der Waals surface area (Å²) in [7, 11) is 0. The number of rotatable bonds is 5. The lowest BCUT2D eigenvalue weighted by Gasteiger charge is -2.01. The molecule has 0 spiro atoms. The molecule has 5 nitrogen and oxygen atoms in total. The van der Waals surface area contributed by atoms with Gasteiger partial charge in [-0.25, -0.2) is 9.78 Å². The van der Waals surface area contributed by atoms with E-state index < -0.39 is 0 Å². The van der Waals surface area contributed by atoms with Gasteiger partial charge in [0.2, 0.25) is 0 Å². The maximum Gasteiger partial charge on any atom is 0.341 e. The Morgan fingerprint density at radius 3 is 2.96 bits per heavy atom. The molecule has 0 aliphatic heterocycles. The first-order valence-corrected chi connectivity index (χ1v) is 8.79. The monoisotopic (exact) mass is 381 g/mol. The number of aromatic nitrogens is 3. The maximum atomic E-state index is 11.7. The summed E-state index contributed by atoms with van der Waals surface area (Å²) in [5.41, 5.74) is 2.04. The summed E-state index contributed by atoms with van der Waals surface area (Å²) >= 11 is 13.6. The zero-order chi connectivity index (χ0) is 17.1. The van der Waals surface area contributed by atoms with Crippen LogP contribution < -0.4 is 0 Å². The van der Waals surface area contributed by atoms with Crippen LogP contribution in [0.5, 0.6) is 0 Å². The van der Waals surface area contributed by atoms with E-state index in [1.165, 1.54) is 17.5 Å². The summed E-state index contributed by atoms with van der Waals surface area (Å²) in [5.74, 6) is -0.378. The van der Waals surface area contributed by atoms with Crippen molar-refractivity contribution in [1.29, 1.82) is 0 Å². The molecule has 0 aliphatic carbocycles. The highest BCUT2D eigenvalue weighted by Crippen LogP contribution is 2.31. The third kappa shape index (κ3) is 3.77. The molecule has 8 heteroatoms. The van der Waals surface area contributed by atoms with Crippen molar-refractivity contribution in [1.82, 2.24) is 14.8 Å². The molecular weight excluding hydrogens is 369 g/mol. The Balaban J connectivity index is 1.76. The van der Waals surface area contributed by atoms with Gasteiger partial charge in [-0.1, -0.05) is 23.2 Å². The minimum absolute atomic E-state index is 0.335. The molecule has 0 saturated carbocycles. The number of hydrogen-bond donors (Lipinski definition) is 0. The van der Waals surface area contributed by atoms with Gasteiger partial charge in [0.15, 0.2) is 0 Å². The lowest BCUT2D eigenvalue weighted by atomic mass is 10.2. The van der Waals surface area contributed by atoms with Crippen molar-refractivity contribution < 1.29 is 9.53 Å². The van der Waals surface area contributed by atoms with E-state index in [2.05, 4.69) is 10.1 Å². The number of carbonyl (C=O) groups is 1. The number of hydrogen-bond acceptors (Lipinski definition) is 5. The highest BCUT2D eigenvalue weighted by Gasteiger charge is 2.12. The number of benzene rings is 1. The summed E-state index contributed by atoms with van der Waals surface area (Å²) < 4.78 is 6.60. The van der Waals surface area contributed by atoms with Crippen LogP contribution in [0.25, 0.3) is 11.3 Å². The molecule has 0 bridgehead atoms. The minimum atomic E-state index is -0.378. The van der Waals surface area contributed by atoms with E-state index in [1.54, 1.807) is 29.9 Å². The Morgan fingerprint density at radius 2 is 2.21 bits per heavy atom. The Bertz CT molecular complexity index is 876. The summed E-state index contributed by atoms with van der Waals surface area (Å²) in [5, 5.41) is 8.10. The van der Waals surface area contributed by atoms with Crippen molar-refractivity contribution in [2.75, 3.05) is 6.61 Å². The summed E-state index contributed by atoms with van der Waals surface area (Å²) in [6, 6.07) is 5.31. The zero-order valence-corrected chi connectivity index (χ0v) is 15.0. The van der Waals surface area contributed by atoms with Crippen LogP contribution in [0.2, 0.25) is 10.0 Å². The molecular formula is C16H13Cl2N3O2S. The molecule has 3 aromatic rings. The molecule has 0 radical (unpaired) electrons. The normalized spacial score (nSPS) is 10.8. The van der Waals surface area contributed by atoms with Gasteiger partial charge in [-0.15, -0.1) is 11.3 Å².